The third-order valence-electron chi connectivity index (χ3n) is 4.69. The highest BCUT2D eigenvalue weighted by molar-refractivity contribution is 5.58. The second-order valence-electron chi connectivity index (χ2n) is 6.71. The van der Waals surface area contributed by atoms with Crippen LogP contribution in [0.5, 0.6) is 0 Å². The fourth-order valence-corrected chi connectivity index (χ4v) is 3.12. The number of hydrogen-bond donors (Lipinski definition) is 1. The van der Waals surface area contributed by atoms with Gasteiger partial charge in [-0.25, -0.2) is 9.97 Å². The lowest BCUT2D eigenvalue weighted by molar-refractivity contribution is 0.0360. The smallest absolute Gasteiger partial charge is 0.180 e. The molecule has 0 unspecified atom stereocenters. The Morgan fingerprint density at radius 1 is 1.14 bits per heavy atom. The van der Waals surface area contributed by atoms with Crippen LogP contribution in [0.25, 0.3) is 11.5 Å². The second-order valence-corrected chi connectivity index (χ2v) is 6.71. The zero-order valence-corrected chi connectivity index (χ0v) is 16.1. The van der Waals surface area contributed by atoms with E-state index >= 15 is 0 Å². The van der Waals surface area contributed by atoms with Crippen molar-refractivity contribution in [3.63, 3.8) is 0 Å². The number of aryl methyl sites for hydroxylation is 1. The van der Waals surface area contributed by atoms with Crippen molar-refractivity contribution in [1.29, 1.82) is 0 Å². The largest absolute Gasteiger partial charge is 0.379 e. The Morgan fingerprint density at radius 2 is 2.04 bits per heavy atom. The molecule has 1 fully saturated rings. The monoisotopic (exact) mass is 379 g/mol. The number of hydrogen-bond acceptors (Lipinski definition) is 7. The number of nitrogens with one attached hydrogen (secondary N) is 1. The second kappa shape index (κ2) is 8.90. The Balaban J connectivity index is 1.44. The van der Waals surface area contributed by atoms with Crippen molar-refractivity contribution in [2.75, 3.05) is 38.2 Å². The highest BCUT2D eigenvalue weighted by atomic mass is 16.5. The van der Waals surface area contributed by atoms with Crippen LogP contribution >= 0.6 is 0 Å². The molecular weight excluding hydrogens is 354 g/mol. The molecule has 4 rings (SSSR count). The minimum absolute atomic E-state index is 0.627. The number of morpholine rings is 1. The van der Waals surface area contributed by atoms with Crippen molar-refractivity contribution in [2.45, 2.75) is 19.9 Å². The maximum atomic E-state index is 5.39. The van der Waals surface area contributed by atoms with Gasteiger partial charge in [0.2, 0.25) is 0 Å². The van der Waals surface area contributed by atoms with E-state index in [1.807, 2.05) is 41.3 Å². The standard InChI is InChI=1S/C20H25N7O/c1-2-16-13-19(25-20(24-16)18-5-3-4-6-21-18)23-17-14-22-27(15-17)8-7-26-9-11-28-12-10-26/h3-6,13-15H,2,7-12H2,1H3,(H,23,24,25). The summed E-state index contributed by atoms with van der Waals surface area (Å²) in [4.78, 5) is 16.0. The molecule has 8 nitrogen and oxygen atoms in total. The highest BCUT2D eigenvalue weighted by Gasteiger charge is 2.11. The zero-order chi connectivity index (χ0) is 19.2. The fourth-order valence-electron chi connectivity index (χ4n) is 3.12. The van der Waals surface area contributed by atoms with Crippen LogP contribution in [0.1, 0.15) is 12.6 Å². The third kappa shape index (κ3) is 4.71. The number of pyridine rings is 1. The molecule has 0 aromatic carbocycles. The Labute approximate surface area is 164 Å². The molecule has 0 atom stereocenters. The van der Waals surface area contributed by atoms with Crippen LogP contribution in [-0.2, 0) is 17.7 Å². The van der Waals surface area contributed by atoms with Crippen LogP contribution in [0.15, 0.2) is 42.9 Å². The first-order chi connectivity index (χ1) is 13.8. The number of nitrogens with zero attached hydrogens (tertiary/aromatic N) is 6. The Hall–Kier alpha value is -2.84. The summed E-state index contributed by atoms with van der Waals surface area (Å²) < 4.78 is 7.35. The van der Waals surface area contributed by atoms with Gasteiger partial charge in [-0.3, -0.25) is 14.6 Å². The lowest BCUT2D eigenvalue weighted by Crippen LogP contribution is -2.38. The summed E-state index contributed by atoms with van der Waals surface area (Å²) >= 11 is 0. The van der Waals surface area contributed by atoms with E-state index in [1.165, 1.54) is 0 Å². The summed E-state index contributed by atoms with van der Waals surface area (Å²) in [6, 6.07) is 7.72. The Morgan fingerprint density at radius 3 is 2.82 bits per heavy atom. The number of ether oxygens (including phenoxy) is 1. The van der Waals surface area contributed by atoms with Gasteiger partial charge in [0, 0.05) is 43.8 Å². The number of rotatable bonds is 7. The van der Waals surface area contributed by atoms with Gasteiger partial charge in [-0.05, 0) is 18.6 Å². The van der Waals surface area contributed by atoms with E-state index < -0.39 is 0 Å². The van der Waals surface area contributed by atoms with E-state index in [9.17, 15) is 0 Å². The summed E-state index contributed by atoms with van der Waals surface area (Å²) in [5.41, 5.74) is 2.65. The van der Waals surface area contributed by atoms with Crippen LogP contribution in [0, 0.1) is 0 Å². The highest BCUT2D eigenvalue weighted by Crippen LogP contribution is 2.19. The molecule has 3 aromatic heterocycles. The normalized spacial score (nSPS) is 14.9. The van der Waals surface area contributed by atoms with Gasteiger partial charge < -0.3 is 10.1 Å². The van der Waals surface area contributed by atoms with Gasteiger partial charge in [-0.1, -0.05) is 13.0 Å². The van der Waals surface area contributed by atoms with Crippen molar-refractivity contribution in [1.82, 2.24) is 29.6 Å². The van der Waals surface area contributed by atoms with Gasteiger partial charge >= 0.3 is 0 Å². The first kappa shape index (κ1) is 18.5. The Kier molecular flexibility index (Phi) is 5.89. The third-order valence-corrected chi connectivity index (χ3v) is 4.69. The first-order valence-electron chi connectivity index (χ1n) is 9.69. The molecule has 1 aliphatic rings. The van der Waals surface area contributed by atoms with Gasteiger partial charge in [0.05, 0.1) is 31.6 Å². The molecule has 1 saturated heterocycles. The molecule has 8 heteroatoms. The summed E-state index contributed by atoms with van der Waals surface area (Å²) in [6.07, 6.45) is 6.42. The van der Waals surface area contributed by atoms with E-state index in [4.69, 9.17) is 4.74 Å². The van der Waals surface area contributed by atoms with Gasteiger partial charge in [-0.2, -0.15) is 5.10 Å². The SMILES string of the molecule is CCc1cc(Nc2cnn(CCN3CCOCC3)c2)nc(-c2ccccn2)n1. The van der Waals surface area contributed by atoms with Crippen LogP contribution in [0.2, 0.25) is 0 Å². The average Bonchev–Trinajstić information content (AvgIpc) is 3.20. The number of aromatic nitrogens is 5. The van der Waals surface area contributed by atoms with Crippen molar-refractivity contribution in [2.24, 2.45) is 0 Å². The number of anilines is 2. The molecule has 3 aromatic rings. The van der Waals surface area contributed by atoms with E-state index in [1.54, 1.807) is 6.20 Å². The molecule has 0 bridgehead atoms. The van der Waals surface area contributed by atoms with Crippen LogP contribution in [-0.4, -0.2) is 62.5 Å². The maximum Gasteiger partial charge on any atom is 0.180 e. The molecule has 4 heterocycles. The zero-order valence-electron chi connectivity index (χ0n) is 16.1. The average molecular weight is 379 g/mol. The topological polar surface area (TPSA) is 81.0 Å². The molecule has 146 valence electrons. The molecular formula is C20H25N7O. The van der Waals surface area contributed by atoms with Gasteiger partial charge in [0.1, 0.15) is 11.5 Å². The molecule has 0 spiro atoms. The van der Waals surface area contributed by atoms with Crippen LogP contribution in [0.4, 0.5) is 11.5 Å². The predicted molar refractivity (Wildman–Crippen MR) is 107 cm³/mol. The van der Waals surface area contributed by atoms with Gasteiger partial charge in [-0.15, -0.1) is 0 Å². The summed E-state index contributed by atoms with van der Waals surface area (Å²) in [6.45, 7) is 7.52. The molecule has 0 aliphatic carbocycles. The fraction of sp³-hybridized carbons (Fsp3) is 0.400. The van der Waals surface area contributed by atoms with Crippen LogP contribution < -0.4 is 5.32 Å². The predicted octanol–water partition coefficient (Wildman–Crippen LogP) is 2.37. The molecule has 0 saturated carbocycles. The lowest BCUT2D eigenvalue weighted by atomic mass is 10.2. The lowest BCUT2D eigenvalue weighted by Gasteiger charge is -2.26. The van der Waals surface area contributed by atoms with E-state index in [-0.39, 0.29) is 0 Å². The summed E-state index contributed by atoms with van der Waals surface area (Å²) in [7, 11) is 0. The van der Waals surface area contributed by atoms with E-state index in [0.29, 0.717) is 5.82 Å². The Bertz CT molecular complexity index is 891. The van der Waals surface area contributed by atoms with Crippen molar-refractivity contribution in [3.05, 3.63) is 48.5 Å². The quantitative estimate of drug-likeness (QED) is 0.675. The molecule has 28 heavy (non-hydrogen) atoms. The summed E-state index contributed by atoms with van der Waals surface area (Å²) in [5, 5.41) is 7.81. The van der Waals surface area contributed by atoms with Crippen molar-refractivity contribution >= 4 is 11.5 Å². The maximum absolute atomic E-state index is 5.39. The van der Waals surface area contributed by atoms with E-state index in [2.05, 4.69) is 37.2 Å². The van der Waals surface area contributed by atoms with Gasteiger partial charge in [0.25, 0.3) is 0 Å². The minimum atomic E-state index is 0.627. The molecule has 0 radical (unpaired) electrons. The minimum Gasteiger partial charge on any atom is -0.379 e. The van der Waals surface area contributed by atoms with Crippen molar-refractivity contribution in [3.8, 4) is 11.5 Å². The molecule has 1 N–H and O–H groups in total. The molecule has 0 amide bonds. The summed E-state index contributed by atoms with van der Waals surface area (Å²) in [5.74, 6) is 1.38. The molecule has 1 aliphatic heterocycles. The van der Waals surface area contributed by atoms with Crippen LogP contribution in [0.3, 0.4) is 0 Å². The van der Waals surface area contributed by atoms with E-state index in [0.717, 1.165) is 68.7 Å². The first-order valence-corrected chi connectivity index (χ1v) is 9.69. The van der Waals surface area contributed by atoms with Crippen molar-refractivity contribution < 1.29 is 4.74 Å². The van der Waals surface area contributed by atoms with Gasteiger partial charge in [0.15, 0.2) is 5.82 Å².